The highest BCUT2D eigenvalue weighted by Gasteiger charge is 2.27. The van der Waals surface area contributed by atoms with Gasteiger partial charge in [0.15, 0.2) is 0 Å². The monoisotopic (exact) mass is 295 g/mol. The summed E-state index contributed by atoms with van der Waals surface area (Å²) in [5.74, 6) is -0.288. The lowest BCUT2D eigenvalue weighted by atomic mass is 10.1. The van der Waals surface area contributed by atoms with Gasteiger partial charge in [-0.05, 0) is 27.7 Å². The first-order chi connectivity index (χ1) is 9.28. The summed E-state index contributed by atoms with van der Waals surface area (Å²) in [5.41, 5.74) is 0.447. The lowest BCUT2D eigenvalue weighted by Gasteiger charge is -2.19. The van der Waals surface area contributed by atoms with Crippen LogP contribution in [0.5, 0.6) is 0 Å². The average molecular weight is 296 g/mol. The van der Waals surface area contributed by atoms with E-state index in [1.54, 1.807) is 27.7 Å². The second-order valence-corrected chi connectivity index (χ2v) is 5.59. The van der Waals surface area contributed by atoms with Gasteiger partial charge in [-0.25, -0.2) is 14.8 Å². The number of halogens is 1. The van der Waals surface area contributed by atoms with Gasteiger partial charge in [0.25, 0.3) is 0 Å². The van der Waals surface area contributed by atoms with Gasteiger partial charge in [-0.2, -0.15) is 0 Å². The van der Waals surface area contributed by atoms with Crippen LogP contribution in [0.1, 0.15) is 36.8 Å². The molecule has 0 spiro atoms. The van der Waals surface area contributed by atoms with Crippen LogP contribution < -0.4 is 0 Å². The van der Waals surface area contributed by atoms with Gasteiger partial charge in [-0.3, -0.25) is 0 Å². The highest BCUT2D eigenvalue weighted by molar-refractivity contribution is 6.29. The average Bonchev–Trinajstić information content (AvgIpc) is 2.70. The summed E-state index contributed by atoms with van der Waals surface area (Å²) in [7, 11) is 0. The number of esters is 1. The van der Waals surface area contributed by atoms with E-state index in [1.807, 2.05) is 0 Å². The molecule has 0 atom stereocenters. The number of nitrogens with zero attached hydrogens (tertiary/aromatic N) is 3. The van der Waals surface area contributed by atoms with Crippen LogP contribution >= 0.6 is 11.6 Å². The van der Waals surface area contributed by atoms with Crippen LogP contribution in [0.25, 0.3) is 11.5 Å². The predicted molar refractivity (Wildman–Crippen MR) is 72.4 cm³/mol. The smallest absolute Gasteiger partial charge is 0.344 e. The van der Waals surface area contributed by atoms with Crippen molar-refractivity contribution >= 4 is 17.6 Å². The van der Waals surface area contributed by atoms with Gasteiger partial charge in [-0.15, -0.1) is 0 Å². The zero-order valence-corrected chi connectivity index (χ0v) is 12.4. The number of rotatable bonds is 2. The van der Waals surface area contributed by atoms with Crippen LogP contribution in [-0.4, -0.2) is 26.7 Å². The fraction of sp³-hybridized carbons (Fsp3) is 0.385. The van der Waals surface area contributed by atoms with Crippen molar-refractivity contribution in [3.63, 3.8) is 0 Å². The molecule has 0 radical (unpaired) electrons. The number of carbonyl (C=O) groups excluding carboxylic acids is 1. The van der Waals surface area contributed by atoms with Gasteiger partial charge in [0, 0.05) is 0 Å². The van der Waals surface area contributed by atoms with Gasteiger partial charge in [0.05, 0.1) is 18.1 Å². The minimum atomic E-state index is -0.607. The van der Waals surface area contributed by atoms with E-state index < -0.39 is 11.6 Å². The molecule has 0 N–H and O–H groups in total. The van der Waals surface area contributed by atoms with E-state index in [0.29, 0.717) is 11.4 Å². The van der Waals surface area contributed by atoms with Crippen molar-refractivity contribution in [1.29, 1.82) is 0 Å². The van der Waals surface area contributed by atoms with Crippen LogP contribution in [0, 0.1) is 6.92 Å². The molecular formula is C13H14ClN3O3. The molecule has 20 heavy (non-hydrogen) atoms. The summed E-state index contributed by atoms with van der Waals surface area (Å²) in [6.45, 7) is 7.02. The zero-order chi connectivity index (χ0) is 14.9. The molecule has 2 heterocycles. The molecule has 0 saturated carbocycles. The van der Waals surface area contributed by atoms with Crippen LogP contribution in [-0.2, 0) is 4.74 Å². The highest BCUT2D eigenvalue weighted by atomic mass is 35.5. The summed E-state index contributed by atoms with van der Waals surface area (Å²) >= 11 is 5.68. The Hall–Kier alpha value is -1.95. The molecule has 0 aliphatic rings. The third kappa shape index (κ3) is 3.14. The maximum atomic E-state index is 12.2. The number of ether oxygens (including phenoxy) is 1. The Morgan fingerprint density at radius 2 is 2.00 bits per heavy atom. The molecule has 0 bridgehead atoms. The Labute approximate surface area is 121 Å². The summed E-state index contributed by atoms with van der Waals surface area (Å²) in [4.78, 5) is 20.2. The lowest BCUT2D eigenvalue weighted by Crippen LogP contribution is -2.24. The standard InChI is InChI=1S/C13H14ClN3O3/c1-7-10(12(18)19-13(2,3)4)11(20-17-7)8-5-16-9(14)6-15-8/h5-6H,1-4H3. The van der Waals surface area contributed by atoms with Gasteiger partial charge < -0.3 is 9.26 Å². The maximum absolute atomic E-state index is 12.2. The fourth-order valence-corrected chi connectivity index (χ4v) is 1.64. The van der Waals surface area contributed by atoms with E-state index in [0.717, 1.165) is 0 Å². The lowest BCUT2D eigenvalue weighted by molar-refractivity contribution is 0.00693. The Balaban J connectivity index is 2.42. The van der Waals surface area contributed by atoms with E-state index in [2.05, 4.69) is 15.1 Å². The quantitative estimate of drug-likeness (QED) is 0.792. The molecule has 0 aromatic carbocycles. The Bertz CT molecular complexity index is 629. The Kier molecular flexibility index (Phi) is 3.76. The van der Waals surface area contributed by atoms with E-state index in [-0.39, 0.29) is 16.5 Å². The second-order valence-electron chi connectivity index (χ2n) is 5.20. The topological polar surface area (TPSA) is 78.1 Å². The van der Waals surface area contributed by atoms with Crippen molar-refractivity contribution in [2.24, 2.45) is 0 Å². The van der Waals surface area contributed by atoms with E-state index in [1.165, 1.54) is 12.4 Å². The van der Waals surface area contributed by atoms with Crippen molar-refractivity contribution in [3.8, 4) is 11.5 Å². The van der Waals surface area contributed by atoms with Crippen LogP contribution in [0.3, 0.4) is 0 Å². The third-order valence-corrected chi connectivity index (χ3v) is 2.51. The molecule has 2 aromatic heterocycles. The summed E-state index contributed by atoms with van der Waals surface area (Å²) in [6, 6.07) is 0. The largest absolute Gasteiger partial charge is 0.456 e. The minimum absolute atomic E-state index is 0.223. The van der Waals surface area contributed by atoms with Crippen molar-refractivity contribution < 1.29 is 14.1 Å². The summed E-state index contributed by atoms with van der Waals surface area (Å²) in [5, 5.41) is 4.04. The molecular weight excluding hydrogens is 282 g/mol. The van der Waals surface area contributed by atoms with Gasteiger partial charge in [-0.1, -0.05) is 16.8 Å². The zero-order valence-electron chi connectivity index (χ0n) is 11.6. The minimum Gasteiger partial charge on any atom is -0.456 e. The van der Waals surface area contributed by atoms with Gasteiger partial charge >= 0.3 is 5.97 Å². The summed E-state index contributed by atoms with van der Waals surface area (Å²) in [6.07, 6.45) is 2.78. The normalized spacial score (nSPS) is 11.4. The third-order valence-electron chi connectivity index (χ3n) is 2.32. The molecule has 0 saturated heterocycles. The molecule has 7 heteroatoms. The van der Waals surface area contributed by atoms with E-state index in [9.17, 15) is 4.79 Å². The van der Waals surface area contributed by atoms with Crippen molar-refractivity contribution in [3.05, 3.63) is 28.8 Å². The van der Waals surface area contributed by atoms with Crippen LogP contribution in [0.4, 0.5) is 0 Å². The highest BCUT2D eigenvalue weighted by Crippen LogP contribution is 2.26. The first-order valence-corrected chi connectivity index (χ1v) is 6.33. The van der Waals surface area contributed by atoms with Crippen molar-refractivity contribution in [2.75, 3.05) is 0 Å². The van der Waals surface area contributed by atoms with Gasteiger partial charge in [0.2, 0.25) is 5.76 Å². The maximum Gasteiger partial charge on any atom is 0.344 e. The molecule has 106 valence electrons. The predicted octanol–water partition coefficient (Wildman–Crippen LogP) is 3.05. The molecule has 0 aliphatic carbocycles. The number of aryl methyl sites for hydroxylation is 1. The number of carbonyl (C=O) groups is 1. The first kappa shape index (κ1) is 14.5. The van der Waals surface area contributed by atoms with Gasteiger partial charge in [0.1, 0.15) is 22.0 Å². The molecule has 6 nitrogen and oxygen atoms in total. The molecule has 0 unspecified atom stereocenters. The van der Waals surface area contributed by atoms with Crippen LogP contribution in [0.2, 0.25) is 5.15 Å². The van der Waals surface area contributed by atoms with Crippen LogP contribution in [0.15, 0.2) is 16.9 Å². The molecule has 2 aromatic rings. The molecule has 0 amide bonds. The SMILES string of the molecule is Cc1noc(-c2cnc(Cl)cn2)c1C(=O)OC(C)(C)C. The molecule has 0 aliphatic heterocycles. The molecule has 2 rings (SSSR count). The fourth-order valence-electron chi connectivity index (χ4n) is 1.54. The second kappa shape index (κ2) is 5.20. The number of aromatic nitrogens is 3. The molecule has 0 fully saturated rings. The van der Waals surface area contributed by atoms with Crippen molar-refractivity contribution in [2.45, 2.75) is 33.3 Å². The van der Waals surface area contributed by atoms with E-state index in [4.69, 9.17) is 20.9 Å². The first-order valence-electron chi connectivity index (χ1n) is 5.95. The Morgan fingerprint density at radius 3 is 2.55 bits per heavy atom. The number of hydrogen-bond donors (Lipinski definition) is 0. The number of hydrogen-bond acceptors (Lipinski definition) is 6. The Morgan fingerprint density at radius 1 is 1.30 bits per heavy atom. The summed E-state index contributed by atoms with van der Waals surface area (Å²) < 4.78 is 10.5. The van der Waals surface area contributed by atoms with Crippen molar-refractivity contribution in [1.82, 2.24) is 15.1 Å². The van der Waals surface area contributed by atoms with E-state index >= 15 is 0 Å².